The highest BCUT2D eigenvalue weighted by Crippen LogP contribution is 2.25. The Morgan fingerprint density at radius 3 is 2.45 bits per heavy atom. The van der Waals surface area contributed by atoms with Crippen LogP contribution in [0.2, 0.25) is 0 Å². The van der Waals surface area contributed by atoms with Gasteiger partial charge in [0.15, 0.2) is 5.13 Å². The molecule has 2 atom stereocenters. The van der Waals surface area contributed by atoms with Gasteiger partial charge in [-0.25, -0.2) is 14.7 Å². The number of anilines is 1. The highest BCUT2D eigenvalue weighted by Gasteiger charge is 2.45. The van der Waals surface area contributed by atoms with Crippen molar-refractivity contribution in [3.63, 3.8) is 0 Å². The maximum atomic E-state index is 13.1. The smallest absolute Gasteiger partial charge is 0.322 e. The zero-order valence-electron chi connectivity index (χ0n) is 15.3. The van der Waals surface area contributed by atoms with Gasteiger partial charge in [0.05, 0.1) is 0 Å². The van der Waals surface area contributed by atoms with Gasteiger partial charge in [-0.1, -0.05) is 60.7 Å². The number of urea groups is 1. The topological polar surface area (TPSA) is 91.4 Å². The summed E-state index contributed by atoms with van der Waals surface area (Å²) in [5.74, 6) is -0.905. The molecule has 0 bridgehead atoms. The lowest BCUT2D eigenvalue weighted by Crippen LogP contribution is -2.49. The molecule has 1 aliphatic heterocycles. The van der Waals surface area contributed by atoms with Crippen molar-refractivity contribution in [2.75, 3.05) is 5.32 Å². The molecule has 1 aromatic heterocycles. The summed E-state index contributed by atoms with van der Waals surface area (Å²) in [4.78, 5) is 43.9. The van der Waals surface area contributed by atoms with E-state index >= 15 is 0 Å². The van der Waals surface area contributed by atoms with Gasteiger partial charge in [0.1, 0.15) is 12.1 Å². The average Bonchev–Trinajstić information content (AvgIpc) is 3.35. The molecule has 4 amide bonds. The second-order valence-electron chi connectivity index (χ2n) is 6.53. The number of nitrogens with zero attached hydrogens (tertiary/aromatic N) is 2. The van der Waals surface area contributed by atoms with Crippen LogP contribution in [0.1, 0.15) is 17.2 Å². The summed E-state index contributed by atoms with van der Waals surface area (Å²) >= 11 is 1.27. The second kappa shape index (κ2) is 8.24. The number of nitrogens with one attached hydrogen (secondary N) is 2. The molecule has 2 aromatic carbocycles. The van der Waals surface area contributed by atoms with Crippen molar-refractivity contribution >= 4 is 34.3 Å². The lowest BCUT2D eigenvalue weighted by Gasteiger charge is -2.24. The minimum absolute atomic E-state index is 0.207. The maximum absolute atomic E-state index is 13.1. The molecule has 4 rings (SSSR count). The Morgan fingerprint density at radius 1 is 1.10 bits per heavy atom. The summed E-state index contributed by atoms with van der Waals surface area (Å²) in [5.41, 5.74) is 1.52. The lowest BCUT2D eigenvalue weighted by atomic mass is 10.0. The molecule has 0 aliphatic carbocycles. The Kier molecular flexibility index (Phi) is 5.35. The first-order chi connectivity index (χ1) is 14.1. The number of benzene rings is 2. The molecule has 0 saturated carbocycles. The molecule has 29 heavy (non-hydrogen) atoms. The molecule has 146 valence electrons. The van der Waals surface area contributed by atoms with Crippen LogP contribution in [0, 0.1) is 0 Å². The van der Waals surface area contributed by atoms with Crippen molar-refractivity contribution in [1.29, 1.82) is 0 Å². The van der Waals surface area contributed by atoms with E-state index in [1.807, 2.05) is 36.4 Å². The van der Waals surface area contributed by atoms with Crippen LogP contribution in [0.15, 0.2) is 72.2 Å². The number of hydrogen-bond acceptors (Lipinski definition) is 5. The van der Waals surface area contributed by atoms with Crippen molar-refractivity contribution in [1.82, 2.24) is 15.2 Å². The summed E-state index contributed by atoms with van der Waals surface area (Å²) in [6, 6.07) is 15.9. The van der Waals surface area contributed by atoms with Gasteiger partial charge in [0.25, 0.3) is 5.91 Å². The maximum Gasteiger partial charge on any atom is 0.325 e. The molecular weight excluding hydrogens is 388 g/mol. The summed E-state index contributed by atoms with van der Waals surface area (Å²) in [5, 5.41) is 7.56. The fourth-order valence-electron chi connectivity index (χ4n) is 3.27. The average molecular weight is 406 g/mol. The van der Waals surface area contributed by atoms with E-state index in [1.54, 1.807) is 35.8 Å². The quantitative estimate of drug-likeness (QED) is 0.616. The number of carbonyl (C=O) groups is 3. The molecular formula is C21H18N4O3S. The van der Waals surface area contributed by atoms with Crippen LogP contribution in [0.4, 0.5) is 9.93 Å². The number of rotatable bonds is 6. The monoisotopic (exact) mass is 406 g/mol. The molecule has 1 saturated heterocycles. The normalized spacial score (nSPS) is 17.1. The third-order valence-corrected chi connectivity index (χ3v) is 5.34. The highest BCUT2D eigenvalue weighted by atomic mass is 32.1. The first-order valence-corrected chi connectivity index (χ1v) is 9.94. The van der Waals surface area contributed by atoms with Crippen molar-refractivity contribution in [3.8, 4) is 0 Å². The van der Waals surface area contributed by atoms with Gasteiger partial charge in [-0.3, -0.25) is 9.59 Å². The molecule has 1 fully saturated rings. The third kappa shape index (κ3) is 4.02. The Labute approximate surface area is 171 Å². The Morgan fingerprint density at radius 2 is 1.79 bits per heavy atom. The molecule has 2 N–H and O–H groups in total. The van der Waals surface area contributed by atoms with E-state index in [0.717, 1.165) is 10.5 Å². The molecule has 0 radical (unpaired) electrons. The lowest BCUT2D eigenvalue weighted by molar-refractivity contribution is -0.134. The zero-order chi connectivity index (χ0) is 20.2. The van der Waals surface area contributed by atoms with Crippen molar-refractivity contribution in [2.24, 2.45) is 0 Å². The zero-order valence-corrected chi connectivity index (χ0v) is 16.1. The van der Waals surface area contributed by atoms with Crippen LogP contribution >= 0.6 is 11.3 Å². The summed E-state index contributed by atoms with van der Waals surface area (Å²) in [6.07, 6.45) is 1.78. The summed E-state index contributed by atoms with van der Waals surface area (Å²) < 4.78 is 0. The Balaban J connectivity index is 1.63. The first-order valence-electron chi connectivity index (χ1n) is 9.06. The number of thiazole rings is 1. The summed E-state index contributed by atoms with van der Waals surface area (Å²) in [7, 11) is 0. The minimum atomic E-state index is -0.998. The van der Waals surface area contributed by atoms with E-state index < -0.39 is 29.9 Å². The number of carbonyl (C=O) groups excluding carboxylic acids is 3. The highest BCUT2D eigenvalue weighted by molar-refractivity contribution is 7.13. The van der Waals surface area contributed by atoms with Gasteiger partial charge in [-0.05, 0) is 11.1 Å². The van der Waals surface area contributed by atoms with E-state index in [-0.39, 0.29) is 6.42 Å². The van der Waals surface area contributed by atoms with Crippen LogP contribution < -0.4 is 10.6 Å². The van der Waals surface area contributed by atoms with E-state index in [0.29, 0.717) is 10.7 Å². The molecule has 1 unspecified atom stereocenters. The van der Waals surface area contributed by atoms with Gasteiger partial charge >= 0.3 is 6.03 Å². The standard InChI is InChI=1S/C21H18N4O3S/c26-18(24-20-22-11-12-29-20)16(13-14-7-3-1-4-8-14)25-19(27)17(23-21(25)28)15-9-5-2-6-10-15/h1-12,16-17H,13H2,(H,23,28)(H,22,24,26)/t16-,17?/m0/s1. The number of aromatic nitrogens is 1. The first kappa shape index (κ1) is 18.8. The molecule has 0 spiro atoms. The number of imide groups is 1. The van der Waals surface area contributed by atoms with Gasteiger partial charge in [-0.15, -0.1) is 11.3 Å². The molecule has 1 aliphatic rings. The largest absolute Gasteiger partial charge is 0.325 e. The van der Waals surface area contributed by atoms with Gasteiger partial charge in [0, 0.05) is 18.0 Å². The minimum Gasteiger partial charge on any atom is -0.322 e. The second-order valence-corrected chi connectivity index (χ2v) is 7.43. The fraction of sp³-hybridized carbons (Fsp3) is 0.143. The van der Waals surface area contributed by atoms with E-state index in [1.165, 1.54) is 11.3 Å². The molecule has 3 aromatic rings. The van der Waals surface area contributed by atoms with Crippen LogP contribution in [-0.2, 0) is 16.0 Å². The number of hydrogen-bond donors (Lipinski definition) is 2. The Hall–Kier alpha value is -3.52. The SMILES string of the molecule is O=C(Nc1nccs1)[C@H](Cc1ccccc1)N1C(=O)NC(c2ccccc2)C1=O. The van der Waals surface area contributed by atoms with E-state index in [9.17, 15) is 14.4 Å². The van der Waals surface area contributed by atoms with E-state index in [4.69, 9.17) is 0 Å². The van der Waals surface area contributed by atoms with Crippen molar-refractivity contribution in [2.45, 2.75) is 18.5 Å². The van der Waals surface area contributed by atoms with Gasteiger partial charge < -0.3 is 10.6 Å². The van der Waals surface area contributed by atoms with Crippen LogP contribution in [0.25, 0.3) is 0 Å². The molecule has 2 heterocycles. The number of amides is 4. The van der Waals surface area contributed by atoms with Gasteiger partial charge in [0.2, 0.25) is 5.91 Å². The van der Waals surface area contributed by atoms with Crippen molar-refractivity contribution < 1.29 is 14.4 Å². The van der Waals surface area contributed by atoms with Crippen LogP contribution in [0.5, 0.6) is 0 Å². The van der Waals surface area contributed by atoms with Crippen molar-refractivity contribution in [3.05, 3.63) is 83.4 Å². The van der Waals surface area contributed by atoms with Gasteiger partial charge in [-0.2, -0.15) is 0 Å². The van der Waals surface area contributed by atoms with Crippen LogP contribution in [0.3, 0.4) is 0 Å². The molecule has 7 nitrogen and oxygen atoms in total. The van der Waals surface area contributed by atoms with Crippen LogP contribution in [-0.4, -0.2) is 33.8 Å². The Bertz CT molecular complexity index is 1010. The fourth-order valence-corrected chi connectivity index (χ4v) is 3.80. The summed E-state index contributed by atoms with van der Waals surface area (Å²) in [6.45, 7) is 0. The third-order valence-electron chi connectivity index (χ3n) is 4.65. The molecule has 8 heteroatoms. The predicted octanol–water partition coefficient (Wildman–Crippen LogP) is 2.99. The predicted molar refractivity (Wildman–Crippen MR) is 109 cm³/mol. The van der Waals surface area contributed by atoms with E-state index in [2.05, 4.69) is 15.6 Å².